The summed E-state index contributed by atoms with van der Waals surface area (Å²) in [4.78, 5) is 11.4. The third-order valence-corrected chi connectivity index (χ3v) is 4.46. The third kappa shape index (κ3) is 2.15. The van der Waals surface area contributed by atoms with Gasteiger partial charge in [0.1, 0.15) is 17.1 Å². The van der Waals surface area contributed by atoms with E-state index in [1.807, 2.05) is 24.3 Å². The van der Waals surface area contributed by atoms with Crippen molar-refractivity contribution in [3.63, 3.8) is 0 Å². The van der Waals surface area contributed by atoms with Gasteiger partial charge in [0.15, 0.2) is 0 Å². The maximum atomic E-state index is 13.2. The summed E-state index contributed by atoms with van der Waals surface area (Å²) in [6.07, 6.45) is 0. The zero-order valence-corrected chi connectivity index (χ0v) is 13.2. The van der Waals surface area contributed by atoms with Crippen LogP contribution in [0.5, 0.6) is 5.75 Å². The van der Waals surface area contributed by atoms with Gasteiger partial charge in [-0.2, -0.15) is 0 Å². The minimum Gasteiger partial charge on any atom is -0.507 e. The number of phenolic OH excluding ortho intramolecular Hbond substituents is 1. The van der Waals surface area contributed by atoms with Crippen LogP contribution < -0.4 is 0 Å². The largest absolute Gasteiger partial charge is 0.507 e. The van der Waals surface area contributed by atoms with E-state index < -0.39 is 10.7 Å². The lowest BCUT2D eigenvalue weighted by molar-refractivity contribution is -0.382. The Morgan fingerprint density at radius 1 is 1.12 bits per heavy atom. The van der Waals surface area contributed by atoms with Crippen LogP contribution in [-0.4, -0.2) is 14.6 Å². The first-order valence-corrected chi connectivity index (χ1v) is 7.62. The van der Waals surface area contributed by atoms with E-state index in [9.17, 15) is 19.6 Å². The molecule has 3 aromatic carbocycles. The molecule has 1 aromatic heterocycles. The molecule has 0 saturated carbocycles. The summed E-state index contributed by atoms with van der Waals surface area (Å²) in [6, 6.07) is 14.1. The van der Waals surface area contributed by atoms with Gasteiger partial charge in [-0.1, -0.05) is 30.3 Å². The van der Waals surface area contributed by atoms with Crippen molar-refractivity contribution in [3.8, 4) is 16.9 Å². The summed E-state index contributed by atoms with van der Waals surface area (Å²) >= 11 is 0. The normalized spacial score (nSPS) is 11.3. The van der Waals surface area contributed by atoms with Crippen LogP contribution in [-0.2, 0) is 7.05 Å². The van der Waals surface area contributed by atoms with Gasteiger partial charge in [-0.05, 0) is 29.8 Å². The molecule has 4 rings (SSSR count). The second-order valence-electron chi connectivity index (χ2n) is 5.86. The van der Waals surface area contributed by atoms with Crippen molar-refractivity contribution in [2.45, 2.75) is 0 Å². The molecule has 0 radical (unpaired) electrons. The molecule has 0 aliphatic rings. The highest BCUT2D eigenvalue weighted by atomic mass is 19.1. The van der Waals surface area contributed by atoms with E-state index in [-0.39, 0.29) is 17.0 Å². The first kappa shape index (κ1) is 15.1. The number of nitro benzene ring substituents is 1. The molecule has 0 aliphatic heterocycles. The van der Waals surface area contributed by atoms with E-state index in [1.54, 1.807) is 11.6 Å². The molecule has 0 unspecified atom stereocenters. The number of fused-ring (bicyclic) bond motifs is 3. The Morgan fingerprint density at radius 3 is 2.48 bits per heavy atom. The Kier molecular flexibility index (Phi) is 3.21. The lowest BCUT2D eigenvalue weighted by Crippen LogP contribution is -1.97. The van der Waals surface area contributed by atoms with E-state index in [0.717, 1.165) is 10.9 Å². The fourth-order valence-electron chi connectivity index (χ4n) is 3.37. The first-order valence-electron chi connectivity index (χ1n) is 7.62. The van der Waals surface area contributed by atoms with Crippen LogP contribution in [0.25, 0.3) is 32.9 Å². The van der Waals surface area contributed by atoms with Gasteiger partial charge in [0.05, 0.1) is 15.9 Å². The summed E-state index contributed by atoms with van der Waals surface area (Å²) in [6.45, 7) is 0. The molecule has 0 aliphatic carbocycles. The Morgan fingerprint density at radius 2 is 1.80 bits per heavy atom. The van der Waals surface area contributed by atoms with E-state index in [0.29, 0.717) is 16.5 Å². The molecule has 0 atom stereocenters. The Bertz CT molecular complexity index is 1150. The summed E-state index contributed by atoms with van der Waals surface area (Å²) < 4.78 is 14.9. The van der Waals surface area contributed by atoms with Crippen LogP contribution in [0.15, 0.2) is 54.6 Å². The molecule has 0 bridgehead atoms. The van der Waals surface area contributed by atoms with E-state index in [2.05, 4.69) is 0 Å². The van der Waals surface area contributed by atoms with Gasteiger partial charge in [0.25, 0.3) is 0 Å². The summed E-state index contributed by atoms with van der Waals surface area (Å²) in [7, 11) is 1.73. The number of aromatic nitrogens is 1. The molecule has 1 heterocycles. The molecule has 4 aromatic rings. The highest BCUT2D eigenvalue weighted by Crippen LogP contribution is 2.45. The van der Waals surface area contributed by atoms with Gasteiger partial charge in [-0.25, -0.2) is 4.39 Å². The second kappa shape index (κ2) is 5.31. The molecule has 1 N–H and O–H groups in total. The molecule has 5 nitrogen and oxygen atoms in total. The number of halogens is 1. The van der Waals surface area contributed by atoms with E-state index in [4.69, 9.17) is 0 Å². The highest BCUT2D eigenvalue weighted by molar-refractivity contribution is 6.16. The summed E-state index contributed by atoms with van der Waals surface area (Å²) in [5.74, 6) is -0.474. The van der Waals surface area contributed by atoms with Crippen molar-refractivity contribution in [3.05, 3.63) is 70.5 Å². The van der Waals surface area contributed by atoms with Crippen LogP contribution in [0.1, 0.15) is 0 Å². The lowest BCUT2D eigenvalue weighted by Gasteiger charge is -2.08. The highest BCUT2D eigenvalue weighted by Gasteiger charge is 2.27. The molecule has 0 saturated heterocycles. The van der Waals surface area contributed by atoms with Crippen LogP contribution in [0.3, 0.4) is 0 Å². The zero-order valence-electron chi connectivity index (χ0n) is 13.2. The molecule has 0 spiro atoms. The Balaban J connectivity index is 2.21. The topological polar surface area (TPSA) is 68.3 Å². The number of benzene rings is 3. The number of para-hydroxylation sites is 1. The van der Waals surface area contributed by atoms with Gasteiger partial charge < -0.3 is 9.67 Å². The maximum Gasteiger partial charge on any atom is 0.301 e. The number of aryl methyl sites for hydroxylation is 1. The monoisotopic (exact) mass is 336 g/mol. The van der Waals surface area contributed by atoms with Crippen molar-refractivity contribution >= 4 is 27.5 Å². The molecule has 25 heavy (non-hydrogen) atoms. The van der Waals surface area contributed by atoms with Crippen LogP contribution in [0.4, 0.5) is 10.1 Å². The average Bonchev–Trinajstić information content (AvgIpc) is 2.89. The van der Waals surface area contributed by atoms with E-state index in [1.165, 1.54) is 30.3 Å². The van der Waals surface area contributed by atoms with Crippen molar-refractivity contribution in [1.29, 1.82) is 0 Å². The lowest BCUT2D eigenvalue weighted by atomic mass is 10.00. The predicted octanol–water partition coefficient (Wildman–Crippen LogP) is 4.75. The minimum atomic E-state index is -0.459. The average molecular weight is 336 g/mol. The van der Waals surface area contributed by atoms with Gasteiger partial charge in [0, 0.05) is 18.0 Å². The number of phenols is 1. The molecule has 6 heteroatoms. The van der Waals surface area contributed by atoms with Crippen molar-refractivity contribution in [2.24, 2.45) is 7.05 Å². The Hall–Kier alpha value is -3.41. The van der Waals surface area contributed by atoms with Crippen LogP contribution in [0, 0.1) is 15.9 Å². The standard InChI is InChI=1S/C19H13FN2O3/c1-21-15-5-3-2-4-13(15)17-16(23)10-14(18(19(17)21)22(24)25)11-6-8-12(20)9-7-11/h2-10,23H,1H3. The van der Waals surface area contributed by atoms with Gasteiger partial charge >= 0.3 is 5.69 Å². The molecule has 0 fully saturated rings. The number of rotatable bonds is 2. The summed E-state index contributed by atoms with van der Waals surface area (Å²) in [5.41, 5.74) is 1.73. The molecule has 0 amide bonds. The number of aromatic hydroxyl groups is 1. The van der Waals surface area contributed by atoms with Gasteiger partial charge in [-0.15, -0.1) is 0 Å². The number of nitrogens with zero attached hydrogens (tertiary/aromatic N) is 2. The molecular weight excluding hydrogens is 323 g/mol. The molecule has 124 valence electrons. The maximum absolute atomic E-state index is 13.2. The van der Waals surface area contributed by atoms with Crippen molar-refractivity contribution in [1.82, 2.24) is 4.57 Å². The first-order chi connectivity index (χ1) is 12.0. The zero-order chi connectivity index (χ0) is 17.7. The number of nitro groups is 1. The Labute approximate surface area is 141 Å². The van der Waals surface area contributed by atoms with Crippen molar-refractivity contribution in [2.75, 3.05) is 0 Å². The van der Waals surface area contributed by atoms with Gasteiger partial charge in [0.2, 0.25) is 0 Å². The SMILES string of the molecule is Cn1c2ccccc2c2c(O)cc(-c3ccc(F)cc3)c([N+](=O)[O-])c21. The van der Waals surface area contributed by atoms with Crippen molar-refractivity contribution < 1.29 is 14.4 Å². The number of hydrogen-bond acceptors (Lipinski definition) is 3. The van der Waals surface area contributed by atoms with E-state index >= 15 is 0 Å². The predicted molar refractivity (Wildman–Crippen MR) is 94.1 cm³/mol. The second-order valence-corrected chi connectivity index (χ2v) is 5.86. The fraction of sp³-hybridized carbons (Fsp3) is 0.0526. The smallest absolute Gasteiger partial charge is 0.301 e. The van der Waals surface area contributed by atoms with Crippen LogP contribution in [0.2, 0.25) is 0 Å². The van der Waals surface area contributed by atoms with Crippen LogP contribution >= 0.6 is 0 Å². The number of hydrogen-bond donors (Lipinski definition) is 1. The summed E-state index contributed by atoms with van der Waals surface area (Å²) in [5, 5.41) is 23.6. The minimum absolute atomic E-state index is 0.0447. The molecular formula is C19H13FN2O3. The third-order valence-electron chi connectivity index (χ3n) is 4.46. The van der Waals surface area contributed by atoms with Gasteiger partial charge in [-0.3, -0.25) is 10.1 Å². The fourth-order valence-corrected chi connectivity index (χ4v) is 3.37. The quantitative estimate of drug-likeness (QED) is 0.424.